The minimum atomic E-state index is -0.543. The van der Waals surface area contributed by atoms with E-state index in [1.54, 1.807) is 23.7 Å². The van der Waals surface area contributed by atoms with E-state index in [9.17, 15) is 14.9 Å². The molecule has 146 valence electrons. The van der Waals surface area contributed by atoms with E-state index in [1.807, 2.05) is 6.07 Å². The molecular formula is C16H15Cl2N7O3. The van der Waals surface area contributed by atoms with Crippen molar-refractivity contribution in [1.82, 2.24) is 24.5 Å². The van der Waals surface area contributed by atoms with E-state index in [0.717, 1.165) is 11.8 Å². The highest BCUT2D eigenvalue weighted by Gasteiger charge is 2.18. The molecule has 3 aromatic rings. The second-order valence-corrected chi connectivity index (χ2v) is 6.90. The first-order valence-corrected chi connectivity index (χ1v) is 8.88. The lowest BCUT2D eigenvalue weighted by Gasteiger charge is -2.10. The van der Waals surface area contributed by atoms with Gasteiger partial charge in [-0.1, -0.05) is 36.2 Å². The van der Waals surface area contributed by atoms with Crippen LogP contribution >= 0.6 is 23.2 Å². The van der Waals surface area contributed by atoms with Gasteiger partial charge in [-0.15, -0.1) is 5.10 Å². The van der Waals surface area contributed by atoms with Gasteiger partial charge in [-0.3, -0.25) is 24.9 Å². The fraction of sp³-hybridized carbons (Fsp3) is 0.250. The average Bonchev–Trinajstić information content (AvgIpc) is 3.28. The number of benzene rings is 1. The van der Waals surface area contributed by atoms with Gasteiger partial charge in [0.2, 0.25) is 11.9 Å². The lowest BCUT2D eigenvalue weighted by atomic mass is 10.1. The molecule has 0 aliphatic carbocycles. The maximum atomic E-state index is 12.3. The number of amides is 1. The van der Waals surface area contributed by atoms with E-state index >= 15 is 0 Å². The van der Waals surface area contributed by atoms with Gasteiger partial charge in [0.1, 0.15) is 18.7 Å². The highest BCUT2D eigenvalue weighted by Crippen LogP contribution is 2.23. The predicted octanol–water partition coefficient (Wildman–Crippen LogP) is 3.01. The Morgan fingerprint density at radius 2 is 2.11 bits per heavy atom. The first-order valence-electron chi connectivity index (χ1n) is 8.13. The smallest absolute Gasteiger partial charge is 0.293 e. The van der Waals surface area contributed by atoms with E-state index in [0.29, 0.717) is 16.6 Å². The molecule has 0 aliphatic rings. The molecule has 1 unspecified atom stereocenters. The monoisotopic (exact) mass is 423 g/mol. The van der Waals surface area contributed by atoms with E-state index in [2.05, 4.69) is 20.5 Å². The summed E-state index contributed by atoms with van der Waals surface area (Å²) in [6, 6.07) is 5.24. The van der Waals surface area contributed by atoms with Gasteiger partial charge in [0.25, 0.3) is 0 Å². The molecule has 10 nitrogen and oxygen atoms in total. The molecule has 0 saturated heterocycles. The number of nitrogens with one attached hydrogen (secondary N) is 1. The van der Waals surface area contributed by atoms with Crippen molar-refractivity contribution in [2.45, 2.75) is 20.0 Å². The first kappa shape index (κ1) is 19.8. The van der Waals surface area contributed by atoms with Gasteiger partial charge in [0.05, 0.1) is 34.0 Å². The van der Waals surface area contributed by atoms with Gasteiger partial charge >= 0.3 is 5.69 Å². The van der Waals surface area contributed by atoms with Crippen molar-refractivity contribution in [1.29, 1.82) is 0 Å². The highest BCUT2D eigenvalue weighted by molar-refractivity contribution is 6.42. The van der Waals surface area contributed by atoms with Crippen LogP contribution in [0.25, 0.3) is 0 Å². The van der Waals surface area contributed by atoms with Crippen LogP contribution in [0.5, 0.6) is 0 Å². The number of anilines is 1. The number of halogens is 2. The Bertz CT molecular complexity index is 1020. The number of nitro groups is 1. The molecule has 12 heteroatoms. The Hall–Kier alpha value is -2.98. The molecule has 0 bridgehead atoms. The number of hydrogen-bond acceptors (Lipinski definition) is 6. The third-order valence-corrected chi connectivity index (χ3v) is 4.58. The zero-order chi connectivity index (χ0) is 20.3. The molecule has 0 fully saturated rings. The van der Waals surface area contributed by atoms with Crippen molar-refractivity contribution >= 4 is 40.7 Å². The molecule has 28 heavy (non-hydrogen) atoms. The third kappa shape index (κ3) is 4.84. The van der Waals surface area contributed by atoms with Crippen molar-refractivity contribution in [2.24, 2.45) is 5.92 Å². The van der Waals surface area contributed by atoms with Crippen molar-refractivity contribution in [3.63, 3.8) is 0 Å². The van der Waals surface area contributed by atoms with Crippen LogP contribution in [0.4, 0.5) is 11.6 Å². The minimum absolute atomic E-state index is 0.129. The molecule has 1 aromatic carbocycles. The first-order chi connectivity index (χ1) is 13.3. The van der Waals surface area contributed by atoms with Crippen LogP contribution in [0.2, 0.25) is 10.0 Å². The number of carbonyl (C=O) groups excluding carboxylic acids is 1. The molecule has 1 amide bonds. The van der Waals surface area contributed by atoms with Crippen molar-refractivity contribution in [3.05, 3.63) is 62.6 Å². The van der Waals surface area contributed by atoms with E-state index in [1.165, 1.54) is 17.2 Å². The zero-order valence-electron chi connectivity index (χ0n) is 14.6. The summed E-state index contributed by atoms with van der Waals surface area (Å²) in [4.78, 5) is 26.5. The SMILES string of the molecule is CC(Cn1cc([N+](=O)[O-])cn1)C(=O)Nc1ncn(Cc2ccc(Cl)c(Cl)c2)n1. The molecule has 2 heterocycles. The van der Waals surface area contributed by atoms with Gasteiger partial charge in [0.15, 0.2) is 0 Å². The number of hydrogen-bond donors (Lipinski definition) is 1. The van der Waals surface area contributed by atoms with Gasteiger partial charge in [-0.2, -0.15) is 5.10 Å². The van der Waals surface area contributed by atoms with Crippen LogP contribution in [-0.4, -0.2) is 35.4 Å². The van der Waals surface area contributed by atoms with Gasteiger partial charge < -0.3 is 0 Å². The molecule has 0 radical (unpaired) electrons. The van der Waals surface area contributed by atoms with Crippen LogP contribution in [0.1, 0.15) is 12.5 Å². The topological polar surface area (TPSA) is 121 Å². The summed E-state index contributed by atoms with van der Waals surface area (Å²) in [6.07, 6.45) is 3.89. The Morgan fingerprint density at radius 3 is 2.79 bits per heavy atom. The largest absolute Gasteiger partial charge is 0.306 e. The quantitative estimate of drug-likeness (QED) is 0.460. The standard InChI is InChI=1S/C16H15Cl2N7O3/c1-10(6-23-8-12(5-20-23)25(27)28)15(26)21-16-19-9-24(22-16)7-11-2-3-13(17)14(18)4-11/h2-5,8-10H,6-7H2,1H3,(H,21,22,26). The molecule has 0 saturated carbocycles. The van der Waals surface area contributed by atoms with E-state index in [4.69, 9.17) is 23.2 Å². The van der Waals surface area contributed by atoms with Crippen LogP contribution in [0.3, 0.4) is 0 Å². The van der Waals surface area contributed by atoms with Gasteiger partial charge in [-0.05, 0) is 17.7 Å². The lowest BCUT2D eigenvalue weighted by molar-refractivity contribution is -0.385. The Balaban J connectivity index is 1.58. The third-order valence-electron chi connectivity index (χ3n) is 3.84. The van der Waals surface area contributed by atoms with Gasteiger partial charge in [-0.25, -0.2) is 9.67 Å². The second kappa shape index (κ2) is 8.36. The fourth-order valence-electron chi connectivity index (χ4n) is 2.40. The summed E-state index contributed by atoms with van der Waals surface area (Å²) < 4.78 is 2.90. The number of nitrogens with zero attached hydrogens (tertiary/aromatic N) is 6. The van der Waals surface area contributed by atoms with Gasteiger partial charge in [0, 0.05) is 0 Å². The maximum Gasteiger partial charge on any atom is 0.306 e. The van der Waals surface area contributed by atoms with Crippen LogP contribution in [0.15, 0.2) is 36.9 Å². The lowest BCUT2D eigenvalue weighted by Crippen LogP contribution is -2.25. The summed E-state index contributed by atoms with van der Waals surface area (Å²) in [5.41, 5.74) is 0.751. The van der Waals surface area contributed by atoms with Crippen LogP contribution in [-0.2, 0) is 17.9 Å². The zero-order valence-corrected chi connectivity index (χ0v) is 16.1. The van der Waals surface area contributed by atoms with E-state index < -0.39 is 10.8 Å². The van der Waals surface area contributed by atoms with E-state index in [-0.39, 0.29) is 24.1 Å². The van der Waals surface area contributed by atoms with Crippen molar-refractivity contribution < 1.29 is 9.72 Å². The normalized spacial score (nSPS) is 12.0. The Kier molecular flexibility index (Phi) is 5.90. The molecule has 0 spiro atoms. The highest BCUT2D eigenvalue weighted by atomic mass is 35.5. The average molecular weight is 424 g/mol. The summed E-state index contributed by atoms with van der Waals surface area (Å²) >= 11 is 11.9. The molecular weight excluding hydrogens is 409 g/mol. The number of carbonyl (C=O) groups is 1. The Morgan fingerprint density at radius 1 is 1.32 bits per heavy atom. The molecule has 0 aliphatic heterocycles. The van der Waals surface area contributed by atoms with Crippen molar-refractivity contribution in [2.75, 3.05) is 5.32 Å². The second-order valence-electron chi connectivity index (χ2n) is 6.08. The van der Waals surface area contributed by atoms with Crippen LogP contribution in [0, 0.1) is 16.0 Å². The molecule has 1 atom stereocenters. The Labute approximate surface area is 169 Å². The maximum absolute atomic E-state index is 12.3. The molecule has 2 aromatic heterocycles. The fourth-order valence-corrected chi connectivity index (χ4v) is 2.72. The molecule has 1 N–H and O–H groups in total. The summed E-state index contributed by atoms with van der Waals surface area (Å²) in [5, 5.41) is 22.3. The minimum Gasteiger partial charge on any atom is -0.293 e. The predicted molar refractivity (Wildman–Crippen MR) is 102 cm³/mol. The summed E-state index contributed by atoms with van der Waals surface area (Å²) in [7, 11) is 0. The number of rotatable bonds is 7. The van der Waals surface area contributed by atoms with Crippen molar-refractivity contribution in [3.8, 4) is 0 Å². The summed E-state index contributed by atoms with van der Waals surface area (Å²) in [5.74, 6) is -0.671. The summed E-state index contributed by atoms with van der Waals surface area (Å²) in [6.45, 7) is 2.27. The molecule has 3 rings (SSSR count). The number of aromatic nitrogens is 5. The van der Waals surface area contributed by atoms with Crippen LogP contribution < -0.4 is 5.32 Å².